The van der Waals surface area contributed by atoms with Crippen molar-refractivity contribution < 1.29 is 10.6 Å². The van der Waals surface area contributed by atoms with Gasteiger partial charge in [-0.05, 0) is 104 Å². The van der Waals surface area contributed by atoms with Gasteiger partial charge < -0.3 is 4.74 Å². The molecule has 3 aromatic rings. The Morgan fingerprint density at radius 3 is 2.83 bits per heavy atom. The molecule has 0 bridgehead atoms. The van der Waals surface area contributed by atoms with Crippen LogP contribution in [0.15, 0.2) is 42.6 Å². The highest BCUT2D eigenvalue weighted by Gasteiger charge is 2.56. The molecule has 3 nitrogen and oxygen atoms in total. The molecule has 2 aromatic carbocycles. The van der Waals surface area contributed by atoms with E-state index in [1.54, 1.807) is 17.7 Å². The summed E-state index contributed by atoms with van der Waals surface area (Å²) in [4.78, 5) is 0. The maximum Gasteiger partial charge on any atom is 0.123 e. The van der Waals surface area contributed by atoms with E-state index in [-0.39, 0.29) is 18.3 Å². The van der Waals surface area contributed by atoms with Crippen LogP contribution in [0.25, 0.3) is 16.6 Å². The van der Waals surface area contributed by atoms with Gasteiger partial charge in [0.15, 0.2) is 0 Å². The highest BCUT2D eigenvalue weighted by Crippen LogP contribution is 2.57. The van der Waals surface area contributed by atoms with Crippen LogP contribution >= 0.6 is 0 Å². The van der Waals surface area contributed by atoms with Gasteiger partial charge in [0.25, 0.3) is 0 Å². The molecule has 0 N–H and O–H groups in total. The lowest BCUT2D eigenvalue weighted by Crippen LogP contribution is -2.43. The van der Waals surface area contributed by atoms with E-state index in [0.29, 0.717) is 0 Å². The van der Waals surface area contributed by atoms with Crippen LogP contribution in [0.3, 0.4) is 0 Å². The summed E-state index contributed by atoms with van der Waals surface area (Å²) in [6, 6.07) is 11.4. The zero-order valence-corrected chi connectivity index (χ0v) is 17.0. The SMILES string of the molecule is CC[C@@]12CC[C@@]3(CO3)CC1CCCc1cc3c(cnn3-c3ccc(F)cc3)cc12.[HH]. The van der Waals surface area contributed by atoms with Gasteiger partial charge in [-0.25, -0.2) is 9.07 Å². The summed E-state index contributed by atoms with van der Waals surface area (Å²) in [6.45, 7) is 3.35. The number of halogens is 1. The third kappa shape index (κ3) is 2.61. The number of rotatable bonds is 2. The summed E-state index contributed by atoms with van der Waals surface area (Å²) in [5, 5.41) is 5.83. The van der Waals surface area contributed by atoms with E-state index in [2.05, 4.69) is 24.2 Å². The Labute approximate surface area is 172 Å². The average molecular weight is 393 g/mol. The summed E-state index contributed by atoms with van der Waals surface area (Å²) >= 11 is 0. The first-order valence-electron chi connectivity index (χ1n) is 11.0. The van der Waals surface area contributed by atoms with Crippen LogP contribution < -0.4 is 0 Å². The number of hydrogen-bond donors (Lipinski definition) is 0. The molecule has 2 fully saturated rings. The number of fused-ring (bicyclic) bond motifs is 4. The Morgan fingerprint density at radius 2 is 2.07 bits per heavy atom. The van der Waals surface area contributed by atoms with Crippen LogP contribution in [0.1, 0.15) is 58.0 Å². The van der Waals surface area contributed by atoms with Crippen molar-refractivity contribution in [2.45, 2.75) is 62.9 Å². The molecule has 6 rings (SSSR count). The van der Waals surface area contributed by atoms with Crippen LogP contribution in [-0.2, 0) is 16.6 Å². The summed E-state index contributed by atoms with van der Waals surface area (Å²) in [5.74, 6) is 0.499. The molecular weight excluding hydrogens is 363 g/mol. The van der Waals surface area contributed by atoms with Crippen molar-refractivity contribution in [1.82, 2.24) is 9.78 Å². The van der Waals surface area contributed by atoms with Crippen molar-refractivity contribution in [3.63, 3.8) is 0 Å². The molecule has 1 aromatic heterocycles. The van der Waals surface area contributed by atoms with Gasteiger partial charge in [-0.15, -0.1) is 0 Å². The quantitative estimate of drug-likeness (QED) is 0.504. The van der Waals surface area contributed by atoms with Crippen molar-refractivity contribution in [1.29, 1.82) is 0 Å². The second-order valence-corrected chi connectivity index (χ2v) is 9.38. The van der Waals surface area contributed by atoms with Gasteiger partial charge in [0.1, 0.15) is 5.82 Å². The Morgan fingerprint density at radius 1 is 1.24 bits per heavy atom. The first-order valence-corrected chi connectivity index (χ1v) is 11.0. The zero-order valence-electron chi connectivity index (χ0n) is 17.0. The molecule has 1 saturated carbocycles. The number of aromatic nitrogens is 2. The lowest BCUT2D eigenvalue weighted by molar-refractivity contribution is 0.0970. The Balaban J connectivity index is 0.00000193. The topological polar surface area (TPSA) is 30.4 Å². The molecule has 0 radical (unpaired) electrons. The predicted molar refractivity (Wildman–Crippen MR) is 114 cm³/mol. The summed E-state index contributed by atoms with van der Waals surface area (Å²) < 4.78 is 21.2. The van der Waals surface area contributed by atoms with Gasteiger partial charge in [-0.1, -0.05) is 6.92 Å². The lowest BCUT2D eigenvalue weighted by atomic mass is 9.58. The number of ether oxygens (including phenoxy) is 1. The third-order valence-corrected chi connectivity index (χ3v) is 8.01. The number of nitrogens with zero attached hydrogens (tertiary/aromatic N) is 2. The Bertz CT molecular complexity index is 1090. The Hall–Kier alpha value is -2.20. The summed E-state index contributed by atoms with van der Waals surface area (Å²) in [5.41, 5.74) is 5.56. The largest absolute Gasteiger partial charge is 0.370 e. The highest BCUT2D eigenvalue weighted by atomic mass is 19.1. The molecule has 2 heterocycles. The number of benzene rings is 2. The van der Waals surface area contributed by atoms with Gasteiger partial charge in [0.2, 0.25) is 0 Å². The van der Waals surface area contributed by atoms with Gasteiger partial charge in [-0.3, -0.25) is 0 Å². The smallest absolute Gasteiger partial charge is 0.123 e. The predicted octanol–water partition coefficient (Wildman–Crippen LogP) is 5.96. The molecule has 0 amide bonds. The van der Waals surface area contributed by atoms with Crippen LogP contribution in [0, 0.1) is 11.7 Å². The van der Waals surface area contributed by atoms with E-state index in [0.717, 1.165) is 30.1 Å². The second-order valence-electron chi connectivity index (χ2n) is 9.38. The standard InChI is InChI=1S/C25H27FN2O.H2/c1-2-25-11-10-24(16-29-24)14-19(25)5-3-4-17-13-23-18(12-22(17)25)15-27-28(23)21-8-6-20(26)7-9-21;/h6-9,12-13,15,19H,2-5,10-11,14,16H2,1H3;1H/t19?,24-,25+;/m0./s1. The van der Waals surface area contributed by atoms with Gasteiger partial charge in [-0.2, -0.15) is 5.10 Å². The molecular formula is C25H29FN2O. The van der Waals surface area contributed by atoms with E-state index < -0.39 is 0 Å². The fourth-order valence-electron chi connectivity index (χ4n) is 6.27. The van der Waals surface area contributed by atoms with Crippen molar-refractivity contribution in [3.8, 4) is 5.69 Å². The number of aryl methyl sites for hydroxylation is 1. The fraction of sp³-hybridized carbons (Fsp3) is 0.480. The average Bonchev–Trinajstić information content (AvgIpc) is 3.40. The molecule has 29 heavy (non-hydrogen) atoms. The first kappa shape index (κ1) is 17.6. The van der Waals surface area contributed by atoms with E-state index in [1.165, 1.54) is 61.6 Å². The minimum absolute atomic E-state index is 0. The molecule has 3 aliphatic rings. The maximum atomic E-state index is 13.4. The van der Waals surface area contributed by atoms with Crippen molar-refractivity contribution in [2.75, 3.05) is 6.61 Å². The van der Waals surface area contributed by atoms with E-state index in [4.69, 9.17) is 4.74 Å². The minimum Gasteiger partial charge on any atom is -0.370 e. The molecule has 3 atom stereocenters. The molecule has 2 aliphatic carbocycles. The molecule has 1 unspecified atom stereocenters. The van der Waals surface area contributed by atoms with E-state index in [9.17, 15) is 4.39 Å². The summed E-state index contributed by atoms with van der Waals surface area (Å²) in [6.07, 6.45) is 10.5. The monoisotopic (exact) mass is 392 g/mol. The van der Waals surface area contributed by atoms with E-state index >= 15 is 0 Å². The van der Waals surface area contributed by atoms with Crippen molar-refractivity contribution in [2.24, 2.45) is 5.92 Å². The highest BCUT2D eigenvalue weighted by molar-refractivity contribution is 5.82. The Kier molecular flexibility index (Phi) is 3.74. The normalized spacial score (nSPS) is 30.8. The van der Waals surface area contributed by atoms with Gasteiger partial charge in [0.05, 0.1) is 29.6 Å². The van der Waals surface area contributed by atoms with Crippen molar-refractivity contribution in [3.05, 3.63) is 59.5 Å². The third-order valence-electron chi connectivity index (χ3n) is 8.01. The van der Waals surface area contributed by atoms with Gasteiger partial charge >= 0.3 is 0 Å². The van der Waals surface area contributed by atoms with Crippen LogP contribution in [-0.4, -0.2) is 22.0 Å². The van der Waals surface area contributed by atoms with Crippen LogP contribution in [0.2, 0.25) is 0 Å². The number of hydrogen-bond acceptors (Lipinski definition) is 2. The fourth-order valence-corrected chi connectivity index (χ4v) is 6.27. The minimum atomic E-state index is -0.218. The maximum absolute atomic E-state index is 13.4. The van der Waals surface area contributed by atoms with Crippen LogP contribution in [0.4, 0.5) is 4.39 Å². The van der Waals surface area contributed by atoms with E-state index in [1.807, 2.05) is 10.9 Å². The summed E-state index contributed by atoms with van der Waals surface area (Å²) in [7, 11) is 0. The molecule has 1 spiro atoms. The lowest BCUT2D eigenvalue weighted by Gasteiger charge is -2.46. The molecule has 4 heteroatoms. The molecule has 1 aliphatic heterocycles. The zero-order chi connectivity index (χ0) is 19.6. The van der Waals surface area contributed by atoms with Crippen LogP contribution in [0.5, 0.6) is 0 Å². The van der Waals surface area contributed by atoms with Gasteiger partial charge in [0, 0.05) is 6.81 Å². The molecule has 152 valence electrons. The van der Waals surface area contributed by atoms with Crippen molar-refractivity contribution >= 4 is 10.9 Å². The first-order chi connectivity index (χ1) is 14.1. The molecule has 1 saturated heterocycles. The second kappa shape index (κ2) is 6.15. The number of epoxide rings is 1.